The van der Waals surface area contributed by atoms with E-state index in [1.807, 2.05) is 51.4 Å². The average Bonchev–Trinajstić information content (AvgIpc) is 2.91. The Morgan fingerprint density at radius 2 is 1.82 bits per heavy atom. The highest BCUT2D eigenvalue weighted by atomic mass is 19.1. The van der Waals surface area contributed by atoms with Gasteiger partial charge in [-0.15, -0.1) is 0 Å². The van der Waals surface area contributed by atoms with Crippen LogP contribution < -0.4 is 9.64 Å². The average molecular weight is 532 g/mol. The molecule has 3 aromatic carbocycles. The molecular formula is C30H34FN5O3. The maximum Gasteiger partial charge on any atom is 0.319 e. The molecule has 1 aliphatic heterocycles. The number of phenols is 1. The first-order valence-corrected chi connectivity index (χ1v) is 13.2. The van der Waals surface area contributed by atoms with E-state index in [9.17, 15) is 9.90 Å². The zero-order valence-electron chi connectivity index (χ0n) is 22.9. The molecule has 1 amide bonds. The van der Waals surface area contributed by atoms with Gasteiger partial charge in [0.2, 0.25) is 5.91 Å². The number of amides is 1. The van der Waals surface area contributed by atoms with Crippen LogP contribution in [0.3, 0.4) is 0 Å². The second kappa shape index (κ2) is 11.0. The van der Waals surface area contributed by atoms with Crippen molar-refractivity contribution in [3.63, 3.8) is 0 Å². The molecule has 9 heteroatoms. The molecule has 204 valence electrons. The number of rotatable bonds is 7. The van der Waals surface area contributed by atoms with Crippen LogP contribution in [-0.4, -0.2) is 84.2 Å². The number of fused-ring (bicyclic) bond motifs is 2. The van der Waals surface area contributed by atoms with E-state index in [2.05, 4.69) is 14.8 Å². The molecule has 4 aromatic rings. The molecule has 1 fully saturated rings. The zero-order valence-corrected chi connectivity index (χ0v) is 22.9. The number of halogens is 1. The van der Waals surface area contributed by atoms with Crippen LogP contribution in [-0.2, 0) is 4.79 Å². The van der Waals surface area contributed by atoms with Crippen LogP contribution in [0.4, 0.5) is 10.2 Å². The first-order valence-electron chi connectivity index (χ1n) is 13.2. The Morgan fingerprint density at radius 1 is 1.08 bits per heavy atom. The predicted octanol–water partition coefficient (Wildman–Crippen LogP) is 4.60. The van der Waals surface area contributed by atoms with E-state index in [0.29, 0.717) is 60.7 Å². The highest BCUT2D eigenvalue weighted by molar-refractivity contribution is 6.02. The van der Waals surface area contributed by atoms with Crippen LogP contribution in [0.1, 0.15) is 18.9 Å². The quantitative estimate of drug-likeness (QED) is 0.349. The molecule has 2 heterocycles. The lowest BCUT2D eigenvalue weighted by molar-refractivity contribution is -0.129. The molecule has 39 heavy (non-hydrogen) atoms. The highest BCUT2D eigenvalue weighted by Gasteiger charge is 2.26. The van der Waals surface area contributed by atoms with Gasteiger partial charge < -0.3 is 24.5 Å². The molecule has 1 aromatic heterocycles. The lowest BCUT2D eigenvalue weighted by Crippen LogP contribution is -2.48. The van der Waals surface area contributed by atoms with Gasteiger partial charge in [-0.25, -0.2) is 4.39 Å². The van der Waals surface area contributed by atoms with Crippen molar-refractivity contribution in [2.24, 2.45) is 0 Å². The van der Waals surface area contributed by atoms with Gasteiger partial charge in [0.05, 0.1) is 6.61 Å². The smallest absolute Gasteiger partial charge is 0.319 e. The second-order valence-electron chi connectivity index (χ2n) is 10.3. The number of hydrogen-bond acceptors (Lipinski definition) is 7. The van der Waals surface area contributed by atoms with Crippen LogP contribution in [0.25, 0.3) is 32.8 Å². The molecule has 0 saturated carbocycles. The maximum atomic E-state index is 16.6. The van der Waals surface area contributed by atoms with Gasteiger partial charge in [0.15, 0.2) is 5.82 Å². The van der Waals surface area contributed by atoms with Gasteiger partial charge in [-0.1, -0.05) is 24.3 Å². The van der Waals surface area contributed by atoms with Crippen molar-refractivity contribution < 1.29 is 19.0 Å². The molecule has 0 atom stereocenters. The first kappa shape index (κ1) is 26.6. The fourth-order valence-electron chi connectivity index (χ4n) is 5.23. The molecule has 1 saturated heterocycles. The molecule has 0 bridgehead atoms. The van der Waals surface area contributed by atoms with E-state index in [0.717, 1.165) is 23.7 Å². The Kier molecular flexibility index (Phi) is 7.52. The minimum Gasteiger partial charge on any atom is -0.508 e. The fraction of sp³-hybridized carbons (Fsp3) is 0.367. The minimum atomic E-state index is -0.482. The standard InChI is InChI=1S/C30H34FN5O3/c1-19-16-25-28(27(31)26(19)24-18-22(38)17-21-8-5-6-9-23(21)24)32-30(39-15-7-10-34(3)4)33-29(25)36-13-11-35(12-14-36)20(2)37/h5-6,8-9,16-18,38H,7,10-15H2,1-4H3. The molecule has 0 unspecified atom stereocenters. The van der Waals surface area contributed by atoms with Crippen molar-refractivity contribution in [1.82, 2.24) is 19.8 Å². The number of piperazine rings is 1. The Hall–Kier alpha value is -3.98. The number of hydrogen-bond donors (Lipinski definition) is 1. The number of aromatic hydroxyl groups is 1. The third-order valence-corrected chi connectivity index (χ3v) is 7.21. The maximum absolute atomic E-state index is 16.6. The molecule has 8 nitrogen and oxygen atoms in total. The third kappa shape index (κ3) is 5.45. The molecular weight excluding hydrogens is 497 g/mol. The highest BCUT2D eigenvalue weighted by Crippen LogP contribution is 2.40. The number of anilines is 1. The number of ether oxygens (including phenoxy) is 1. The number of phenolic OH excluding ortho intramolecular Hbond substituents is 1. The van der Waals surface area contributed by atoms with Crippen molar-refractivity contribution in [3.05, 3.63) is 53.8 Å². The van der Waals surface area contributed by atoms with Crippen LogP contribution in [0.2, 0.25) is 0 Å². The minimum absolute atomic E-state index is 0.0389. The van der Waals surface area contributed by atoms with Gasteiger partial charge in [-0.05, 0) is 67.5 Å². The van der Waals surface area contributed by atoms with Crippen LogP contribution in [0, 0.1) is 12.7 Å². The Balaban J connectivity index is 1.64. The molecule has 1 aliphatic rings. The molecule has 0 spiro atoms. The van der Waals surface area contributed by atoms with Gasteiger partial charge in [0.1, 0.15) is 17.1 Å². The number of carbonyl (C=O) groups excluding carboxylic acids is 1. The van der Waals surface area contributed by atoms with E-state index >= 15 is 4.39 Å². The number of aryl methyl sites for hydroxylation is 1. The fourth-order valence-corrected chi connectivity index (χ4v) is 5.23. The second-order valence-corrected chi connectivity index (χ2v) is 10.3. The van der Waals surface area contributed by atoms with Crippen LogP contribution >= 0.6 is 0 Å². The summed E-state index contributed by atoms with van der Waals surface area (Å²) < 4.78 is 22.5. The van der Waals surface area contributed by atoms with Crippen LogP contribution in [0.5, 0.6) is 11.8 Å². The van der Waals surface area contributed by atoms with E-state index in [-0.39, 0.29) is 23.2 Å². The largest absolute Gasteiger partial charge is 0.508 e. The SMILES string of the molecule is CC(=O)N1CCN(c2nc(OCCCN(C)C)nc3c(F)c(-c4cc(O)cc5ccccc45)c(C)cc23)CC1. The summed E-state index contributed by atoms with van der Waals surface area (Å²) in [5, 5.41) is 12.7. The van der Waals surface area contributed by atoms with E-state index in [1.54, 1.807) is 24.0 Å². The van der Waals surface area contributed by atoms with Crippen molar-refractivity contribution in [2.75, 3.05) is 58.3 Å². The Labute approximate surface area is 227 Å². The normalized spacial score (nSPS) is 14.0. The van der Waals surface area contributed by atoms with Crippen molar-refractivity contribution in [3.8, 4) is 22.9 Å². The topological polar surface area (TPSA) is 82.0 Å². The molecule has 0 aliphatic carbocycles. The number of aromatic nitrogens is 2. The summed E-state index contributed by atoms with van der Waals surface area (Å²) >= 11 is 0. The number of nitrogens with zero attached hydrogens (tertiary/aromatic N) is 5. The summed E-state index contributed by atoms with van der Waals surface area (Å²) in [4.78, 5) is 27.1. The first-order chi connectivity index (χ1) is 18.7. The van der Waals surface area contributed by atoms with Crippen LogP contribution in [0.15, 0.2) is 42.5 Å². The Bertz CT molecular complexity index is 1530. The monoisotopic (exact) mass is 531 g/mol. The lowest BCUT2D eigenvalue weighted by Gasteiger charge is -2.35. The molecule has 1 N–H and O–H groups in total. The van der Waals surface area contributed by atoms with Crippen molar-refractivity contribution >= 4 is 33.4 Å². The summed E-state index contributed by atoms with van der Waals surface area (Å²) in [5.74, 6) is 0.223. The number of carbonyl (C=O) groups is 1. The summed E-state index contributed by atoms with van der Waals surface area (Å²) in [6.45, 7) is 6.95. The summed E-state index contributed by atoms with van der Waals surface area (Å²) in [6.07, 6.45) is 0.776. The summed E-state index contributed by atoms with van der Waals surface area (Å²) in [7, 11) is 3.99. The van der Waals surface area contributed by atoms with Crippen molar-refractivity contribution in [1.29, 1.82) is 0 Å². The van der Waals surface area contributed by atoms with E-state index < -0.39 is 5.82 Å². The van der Waals surface area contributed by atoms with Gasteiger partial charge in [0, 0.05) is 50.6 Å². The van der Waals surface area contributed by atoms with Crippen molar-refractivity contribution in [2.45, 2.75) is 20.3 Å². The van der Waals surface area contributed by atoms with Gasteiger partial charge in [-0.3, -0.25) is 4.79 Å². The Morgan fingerprint density at radius 3 is 2.54 bits per heavy atom. The summed E-state index contributed by atoms with van der Waals surface area (Å²) in [6, 6.07) is 12.9. The van der Waals surface area contributed by atoms with Gasteiger partial charge >= 0.3 is 6.01 Å². The zero-order chi connectivity index (χ0) is 27.7. The molecule has 0 radical (unpaired) electrons. The van der Waals surface area contributed by atoms with E-state index in [4.69, 9.17) is 9.72 Å². The van der Waals surface area contributed by atoms with Gasteiger partial charge in [0.25, 0.3) is 0 Å². The number of benzene rings is 3. The molecule has 5 rings (SSSR count). The predicted molar refractivity (Wildman–Crippen MR) is 152 cm³/mol. The lowest BCUT2D eigenvalue weighted by atomic mass is 9.93. The van der Waals surface area contributed by atoms with Gasteiger partial charge in [-0.2, -0.15) is 9.97 Å². The third-order valence-electron chi connectivity index (χ3n) is 7.21. The van der Waals surface area contributed by atoms with E-state index in [1.165, 1.54) is 0 Å². The summed E-state index contributed by atoms with van der Waals surface area (Å²) in [5.41, 5.74) is 1.87.